The minimum atomic E-state index is 0.106. The second-order valence-corrected chi connectivity index (χ2v) is 4.83. The summed E-state index contributed by atoms with van der Waals surface area (Å²) >= 11 is 0. The Balaban J connectivity index is 1.85. The summed E-state index contributed by atoms with van der Waals surface area (Å²) in [5.41, 5.74) is 1.10. The molecule has 1 aromatic rings. The van der Waals surface area contributed by atoms with Crippen LogP contribution in [-0.2, 0) is 11.3 Å². The lowest BCUT2D eigenvalue weighted by atomic mass is 10.2. The molecule has 0 bridgehead atoms. The summed E-state index contributed by atoms with van der Waals surface area (Å²) in [5, 5.41) is 2.99. The van der Waals surface area contributed by atoms with E-state index in [1.807, 2.05) is 36.2 Å². The Labute approximate surface area is 108 Å². The third-order valence-corrected chi connectivity index (χ3v) is 2.99. The van der Waals surface area contributed by atoms with Crippen molar-refractivity contribution in [3.63, 3.8) is 0 Å². The molecule has 0 spiro atoms. The van der Waals surface area contributed by atoms with Gasteiger partial charge in [-0.25, -0.2) is 0 Å². The van der Waals surface area contributed by atoms with Crippen LogP contribution < -0.4 is 10.1 Å². The summed E-state index contributed by atoms with van der Waals surface area (Å²) in [6, 6.07) is 8.32. The molecule has 1 aliphatic carbocycles. The van der Waals surface area contributed by atoms with Gasteiger partial charge >= 0.3 is 0 Å². The molecule has 2 rings (SSSR count). The second-order valence-electron chi connectivity index (χ2n) is 4.83. The van der Waals surface area contributed by atoms with E-state index in [1.54, 1.807) is 7.11 Å². The van der Waals surface area contributed by atoms with Crippen molar-refractivity contribution in [2.75, 3.05) is 20.7 Å². The smallest absolute Gasteiger partial charge is 0.234 e. The molecule has 0 aliphatic heterocycles. The maximum atomic E-state index is 11.7. The molecule has 1 aromatic carbocycles. The zero-order valence-corrected chi connectivity index (χ0v) is 11.0. The first-order valence-corrected chi connectivity index (χ1v) is 6.29. The van der Waals surface area contributed by atoms with Gasteiger partial charge in [0.2, 0.25) is 5.91 Å². The fourth-order valence-electron chi connectivity index (χ4n) is 1.93. The van der Waals surface area contributed by atoms with Crippen LogP contribution in [-0.4, -0.2) is 37.6 Å². The lowest BCUT2D eigenvalue weighted by molar-refractivity contribution is -0.122. The quantitative estimate of drug-likeness (QED) is 0.827. The van der Waals surface area contributed by atoms with Crippen LogP contribution in [0.5, 0.6) is 5.75 Å². The lowest BCUT2D eigenvalue weighted by Gasteiger charge is -2.17. The fourth-order valence-corrected chi connectivity index (χ4v) is 1.93. The Kier molecular flexibility index (Phi) is 4.20. The van der Waals surface area contributed by atoms with Gasteiger partial charge in [0.05, 0.1) is 13.7 Å². The minimum Gasteiger partial charge on any atom is -0.496 e. The number of carbonyl (C=O) groups is 1. The van der Waals surface area contributed by atoms with E-state index in [4.69, 9.17) is 4.74 Å². The van der Waals surface area contributed by atoms with Crippen molar-refractivity contribution in [1.29, 1.82) is 0 Å². The van der Waals surface area contributed by atoms with E-state index in [-0.39, 0.29) is 5.91 Å². The summed E-state index contributed by atoms with van der Waals surface area (Å²) in [4.78, 5) is 13.7. The van der Waals surface area contributed by atoms with Gasteiger partial charge < -0.3 is 10.1 Å². The fraction of sp³-hybridized carbons (Fsp3) is 0.500. The van der Waals surface area contributed by atoms with E-state index in [0.717, 1.165) is 24.2 Å². The molecule has 1 fully saturated rings. The van der Waals surface area contributed by atoms with Gasteiger partial charge in [-0.05, 0) is 26.0 Å². The van der Waals surface area contributed by atoms with Crippen LogP contribution in [0.15, 0.2) is 24.3 Å². The largest absolute Gasteiger partial charge is 0.496 e. The first-order valence-electron chi connectivity index (χ1n) is 6.29. The maximum Gasteiger partial charge on any atom is 0.234 e. The zero-order valence-electron chi connectivity index (χ0n) is 11.0. The Hall–Kier alpha value is -1.55. The molecule has 0 atom stereocenters. The molecule has 1 aliphatic rings. The number of ether oxygens (including phenoxy) is 1. The van der Waals surface area contributed by atoms with Gasteiger partial charge in [0.25, 0.3) is 0 Å². The third kappa shape index (κ3) is 3.74. The van der Waals surface area contributed by atoms with E-state index < -0.39 is 0 Å². The molecule has 0 aromatic heterocycles. The monoisotopic (exact) mass is 248 g/mol. The van der Waals surface area contributed by atoms with Gasteiger partial charge in [-0.1, -0.05) is 18.2 Å². The number of hydrogen-bond acceptors (Lipinski definition) is 3. The van der Waals surface area contributed by atoms with Crippen LogP contribution in [0.3, 0.4) is 0 Å². The van der Waals surface area contributed by atoms with Crippen LogP contribution in [0, 0.1) is 0 Å². The number of para-hydroxylation sites is 1. The van der Waals surface area contributed by atoms with Crippen molar-refractivity contribution in [1.82, 2.24) is 10.2 Å². The van der Waals surface area contributed by atoms with Crippen molar-refractivity contribution in [2.24, 2.45) is 0 Å². The van der Waals surface area contributed by atoms with Crippen LogP contribution in [0.1, 0.15) is 18.4 Å². The molecule has 18 heavy (non-hydrogen) atoms. The van der Waals surface area contributed by atoms with E-state index in [0.29, 0.717) is 19.1 Å². The molecule has 98 valence electrons. The van der Waals surface area contributed by atoms with E-state index in [2.05, 4.69) is 5.32 Å². The summed E-state index contributed by atoms with van der Waals surface area (Å²) < 4.78 is 5.30. The molecule has 0 radical (unpaired) electrons. The number of likely N-dealkylation sites (N-methyl/N-ethyl adjacent to an activating group) is 1. The highest BCUT2D eigenvalue weighted by Gasteiger charge is 2.23. The van der Waals surface area contributed by atoms with Crippen LogP contribution >= 0.6 is 0 Å². The predicted octanol–water partition coefficient (Wildman–Crippen LogP) is 1.41. The summed E-state index contributed by atoms with van der Waals surface area (Å²) in [6.45, 7) is 1.14. The standard InChI is InChI=1S/C14H20N2O2/c1-16(10-14(17)15-12-7-8-12)9-11-5-3-4-6-13(11)18-2/h3-6,12H,7-10H2,1-2H3,(H,15,17). The number of methoxy groups -OCH3 is 1. The molecule has 4 nitrogen and oxygen atoms in total. The van der Waals surface area contributed by atoms with E-state index in [1.165, 1.54) is 0 Å². The number of amides is 1. The Bertz CT molecular complexity index is 416. The molecule has 1 saturated carbocycles. The topological polar surface area (TPSA) is 41.6 Å². The molecule has 0 heterocycles. The third-order valence-electron chi connectivity index (χ3n) is 2.99. The van der Waals surface area contributed by atoms with Gasteiger partial charge in [-0.2, -0.15) is 0 Å². The van der Waals surface area contributed by atoms with Crippen LogP contribution in [0.25, 0.3) is 0 Å². The lowest BCUT2D eigenvalue weighted by Crippen LogP contribution is -2.35. The Morgan fingerprint density at radius 2 is 2.17 bits per heavy atom. The highest BCUT2D eigenvalue weighted by molar-refractivity contribution is 5.78. The highest BCUT2D eigenvalue weighted by Crippen LogP contribution is 2.19. The van der Waals surface area contributed by atoms with Crippen molar-refractivity contribution in [2.45, 2.75) is 25.4 Å². The molecule has 1 amide bonds. The normalized spacial score (nSPS) is 14.6. The summed E-state index contributed by atoms with van der Waals surface area (Å²) in [7, 11) is 3.61. The molecular weight excluding hydrogens is 228 g/mol. The predicted molar refractivity (Wildman–Crippen MR) is 70.5 cm³/mol. The van der Waals surface area contributed by atoms with Gasteiger partial charge in [-0.3, -0.25) is 9.69 Å². The Morgan fingerprint density at radius 3 is 2.83 bits per heavy atom. The van der Waals surface area contributed by atoms with Crippen LogP contribution in [0.2, 0.25) is 0 Å². The number of nitrogens with zero attached hydrogens (tertiary/aromatic N) is 1. The zero-order chi connectivity index (χ0) is 13.0. The number of hydrogen-bond donors (Lipinski definition) is 1. The van der Waals surface area contributed by atoms with Crippen molar-refractivity contribution in [3.05, 3.63) is 29.8 Å². The SMILES string of the molecule is COc1ccccc1CN(C)CC(=O)NC1CC1. The van der Waals surface area contributed by atoms with E-state index >= 15 is 0 Å². The van der Waals surface area contributed by atoms with Gasteiger partial charge in [0.1, 0.15) is 5.75 Å². The Morgan fingerprint density at radius 1 is 1.44 bits per heavy atom. The number of benzene rings is 1. The van der Waals surface area contributed by atoms with Gasteiger partial charge in [0.15, 0.2) is 0 Å². The second kappa shape index (κ2) is 5.87. The van der Waals surface area contributed by atoms with Gasteiger partial charge in [-0.15, -0.1) is 0 Å². The molecular formula is C14H20N2O2. The first-order chi connectivity index (χ1) is 8.69. The van der Waals surface area contributed by atoms with Gasteiger partial charge in [0, 0.05) is 18.2 Å². The average Bonchev–Trinajstić information content (AvgIpc) is 3.13. The van der Waals surface area contributed by atoms with Crippen LogP contribution in [0.4, 0.5) is 0 Å². The number of nitrogens with one attached hydrogen (secondary N) is 1. The molecule has 0 unspecified atom stereocenters. The van der Waals surface area contributed by atoms with Crippen molar-refractivity contribution < 1.29 is 9.53 Å². The minimum absolute atomic E-state index is 0.106. The summed E-state index contributed by atoms with van der Waals surface area (Å²) in [5.74, 6) is 0.974. The number of rotatable bonds is 6. The summed E-state index contributed by atoms with van der Waals surface area (Å²) in [6.07, 6.45) is 2.25. The van der Waals surface area contributed by atoms with Crippen molar-refractivity contribution in [3.8, 4) is 5.75 Å². The first kappa shape index (κ1) is 12.9. The molecule has 4 heteroatoms. The van der Waals surface area contributed by atoms with Crippen molar-refractivity contribution >= 4 is 5.91 Å². The molecule has 1 N–H and O–H groups in total. The molecule has 0 saturated heterocycles. The highest BCUT2D eigenvalue weighted by atomic mass is 16.5. The number of carbonyl (C=O) groups excluding carboxylic acids is 1. The average molecular weight is 248 g/mol. The van der Waals surface area contributed by atoms with E-state index in [9.17, 15) is 4.79 Å². The maximum absolute atomic E-state index is 11.7.